The molecule has 10 rings (SSSR count). The van der Waals surface area contributed by atoms with E-state index in [9.17, 15) is 40.2 Å². The first-order chi connectivity index (χ1) is 41.4. The number of hydrogen-bond donors (Lipinski definition) is 7. The van der Waals surface area contributed by atoms with Crippen LogP contribution in [0.5, 0.6) is 0 Å². The van der Waals surface area contributed by atoms with Crippen LogP contribution in [-0.2, 0) is 66.5 Å². The number of Topliss-reactive ketones (excluding diaryl/α,β-unsaturated/α-hetero) is 1. The average molecular weight is 1240 g/mol. The van der Waals surface area contributed by atoms with Gasteiger partial charge in [-0.25, -0.2) is 4.79 Å². The minimum atomic E-state index is -1.65. The first-order valence-corrected chi connectivity index (χ1v) is 32.7. The van der Waals surface area contributed by atoms with Crippen molar-refractivity contribution in [1.29, 1.82) is 0 Å². The van der Waals surface area contributed by atoms with E-state index in [4.69, 9.17) is 52.1 Å². The van der Waals surface area contributed by atoms with Gasteiger partial charge in [-0.3, -0.25) is 9.59 Å². The quantitative estimate of drug-likeness (QED) is 0.0615. The summed E-state index contributed by atoms with van der Waals surface area (Å²) in [4.78, 5) is 42.6. The zero-order valence-corrected chi connectivity index (χ0v) is 53.9. The van der Waals surface area contributed by atoms with Gasteiger partial charge in [0.1, 0.15) is 29.6 Å². The number of aliphatic hydroxyl groups excluding tert-OH is 5. The van der Waals surface area contributed by atoms with E-state index in [0.717, 1.165) is 11.1 Å². The summed E-state index contributed by atoms with van der Waals surface area (Å²) in [5.74, 6) is -4.60. The second-order valence-corrected chi connectivity index (χ2v) is 28.3. The predicted molar refractivity (Wildman–Crippen MR) is 318 cm³/mol. The highest BCUT2D eigenvalue weighted by molar-refractivity contribution is 6.26. The second kappa shape index (κ2) is 26.5. The van der Waals surface area contributed by atoms with Crippen LogP contribution in [0.3, 0.4) is 0 Å². The molecule has 21 nitrogen and oxygen atoms in total. The fourth-order valence-electron chi connectivity index (χ4n) is 17.0. The van der Waals surface area contributed by atoms with Gasteiger partial charge in [0, 0.05) is 74.5 Å². The van der Waals surface area contributed by atoms with E-state index in [1.807, 2.05) is 53.7 Å². The maximum atomic E-state index is 15.6. The molecular formula is C67H101NO20. The van der Waals surface area contributed by atoms with E-state index in [0.29, 0.717) is 25.7 Å². The van der Waals surface area contributed by atoms with Crippen molar-refractivity contribution in [3.8, 4) is 0 Å². The Morgan fingerprint density at radius 2 is 1.27 bits per heavy atom. The number of fused-ring (bicyclic) bond motifs is 4. The molecule has 88 heavy (non-hydrogen) atoms. The van der Waals surface area contributed by atoms with Crippen molar-refractivity contribution < 1.29 is 97.1 Å². The summed E-state index contributed by atoms with van der Waals surface area (Å²) < 4.78 is 71.8. The predicted octanol–water partition coefficient (Wildman–Crippen LogP) is 6.60. The highest BCUT2D eigenvalue weighted by Gasteiger charge is 2.64. The van der Waals surface area contributed by atoms with Crippen LogP contribution in [0.1, 0.15) is 155 Å². The van der Waals surface area contributed by atoms with Crippen LogP contribution < -0.4 is 5.32 Å². The lowest BCUT2D eigenvalue weighted by Gasteiger charge is -2.57. The molecule has 0 unspecified atom stereocenters. The lowest BCUT2D eigenvalue weighted by molar-refractivity contribution is -0.352. The number of aliphatic hydroxyl groups is 6. The van der Waals surface area contributed by atoms with Crippen LogP contribution in [0.15, 0.2) is 58.9 Å². The minimum absolute atomic E-state index is 0.0322. The van der Waals surface area contributed by atoms with Crippen molar-refractivity contribution >= 4 is 17.7 Å². The third-order valence-electron chi connectivity index (χ3n) is 21.6. The number of allylic oxidation sites excluding steroid dienone is 4. The molecule has 0 aromatic carbocycles. The van der Waals surface area contributed by atoms with Crippen molar-refractivity contribution in [2.45, 2.75) is 289 Å². The number of ketones is 1. The maximum Gasteiger partial charge on any atom is 0.346 e. The smallest absolute Gasteiger partial charge is 0.346 e. The standard InChI is InChI=1S/C67H101NO20/c1-15-41-16-17-42-24-34(6)57(87-53-29-65(13,77)61(39(11)82-53)68-40(12)69)32(4)22-30(2)44-19-18-43-55(66(44,14)62(74)54-63(75)67(42,28-41)88-64(54)76)31(3)23-33(5)58(43)84-51-26-47(72)59(37(9)80-51)85-52-27-48(83-49-21-20-45(70)35(7)78-49)60(38(10)81-52)86-50-25-46(71)56(73)36(8)79-50/h16-19,22,24,31-33,35-39,41-53,55-61,70-74,77H,15,20-21,23,25-29H2,1-14H3,(H,68,69)/b30-22-,34-24-,62-54-/t31-,32+,33+,35-,36+,37-,38+,39-,41+,42-,43+,44+,45-,46+,47-,48+,49+,50+,51+,52+,53+,55+,56+,57+,58-,59+,60+,61-,65-,66+,67+/m1/s1. The maximum absolute atomic E-state index is 15.6. The zero-order valence-electron chi connectivity index (χ0n) is 53.9. The van der Waals surface area contributed by atoms with Crippen molar-refractivity contribution in [1.82, 2.24) is 5.32 Å². The van der Waals surface area contributed by atoms with Gasteiger partial charge >= 0.3 is 5.97 Å². The average Bonchev–Trinajstić information content (AvgIpc) is 1.99. The summed E-state index contributed by atoms with van der Waals surface area (Å²) in [5.41, 5.74) is -3.02. The van der Waals surface area contributed by atoms with E-state index in [2.05, 4.69) is 50.4 Å². The van der Waals surface area contributed by atoms with E-state index < -0.39 is 169 Å². The molecule has 7 N–H and O–H groups in total. The third kappa shape index (κ3) is 13.1. The van der Waals surface area contributed by atoms with Crippen LogP contribution in [0.4, 0.5) is 0 Å². The van der Waals surface area contributed by atoms with Crippen molar-refractivity contribution in [2.24, 2.45) is 52.8 Å². The van der Waals surface area contributed by atoms with E-state index in [-0.39, 0.29) is 78.9 Å². The number of esters is 1. The fraction of sp³-hybridized carbons (Fsp3) is 0.806. The molecule has 1 saturated carbocycles. The molecule has 2 bridgehead atoms. The molecule has 4 aliphatic carbocycles. The second-order valence-electron chi connectivity index (χ2n) is 28.3. The Kier molecular flexibility index (Phi) is 20.3. The molecular weight excluding hydrogens is 1140 g/mol. The molecule has 0 aromatic rings. The minimum Gasteiger partial charge on any atom is -0.511 e. The molecule has 1 spiro atoms. The first kappa shape index (κ1) is 67.4. The Morgan fingerprint density at radius 3 is 1.92 bits per heavy atom. The zero-order chi connectivity index (χ0) is 63.8. The number of nitrogens with one attached hydrogen (secondary N) is 1. The molecule has 0 radical (unpaired) electrons. The SMILES string of the molecule is CC[C@H]1C=C[C@@H]2/C=C(/C)[C@@H](O[C@H]3C[C@@](C)(O)[C@H](NC(C)=O)[C@@H](C)O3)[C@@H](C)/C=C(/C)[C@@H]3C=C[C@@H]4[C@H](O[C@H]5C[C@@H](O)[C@@H](O[C@H]6C[C@H](O[C@H]7CC[C@@H](O)[C@@H](C)O7)[C@@H](O[C@H]7C[C@H](O)[C@@H](O)[C@H](C)O7)[C@H](C)O6)[C@@H](C)O5)[C@@H](C)C[C@@H](C)[C@@H]4[C@@]3(C)/C(O)=C3/C(=O)O[C@]2(C1)C3=O. The van der Waals surface area contributed by atoms with Crippen molar-refractivity contribution in [3.05, 3.63) is 58.9 Å². The summed E-state index contributed by atoms with van der Waals surface area (Å²) in [6.45, 7) is 26.2. The Bertz CT molecular complexity index is 2670. The van der Waals surface area contributed by atoms with Gasteiger partial charge in [0.2, 0.25) is 11.7 Å². The summed E-state index contributed by atoms with van der Waals surface area (Å²) in [6.07, 6.45) is 0.521. The number of carbonyl (C=O) groups is 3. The number of hydrogen-bond acceptors (Lipinski definition) is 20. The van der Waals surface area contributed by atoms with Crippen molar-refractivity contribution in [3.63, 3.8) is 0 Å². The molecule has 6 saturated heterocycles. The number of carbonyl (C=O) groups excluding carboxylic acids is 3. The number of amides is 1. The summed E-state index contributed by atoms with van der Waals surface area (Å²) >= 11 is 0. The fourth-order valence-corrected chi connectivity index (χ4v) is 17.0. The molecule has 6 aliphatic heterocycles. The third-order valence-corrected chi connectivity index (χ3v) is 21.6. The molecule has 31 atom stereocenters. The Balaban J connectivity index is 0.913. The van der Waals surface area contributed by atoms with Gasteiger partial charge in [0.25, 0.3) is 0 Å². The number of rotatable bonds is 12. The van der Waals surface area contributed by atoms with Gasteiger partial charge in [0.15, 0.2) is 37.1 Å². The molecule has 6 heterocycles. The van der Waals surface area contributed by atoms with Crippen molar-refractivity contribution in [2.75, 3.05) is 0 Å². The van der Waals surface area contributed by atoms with Crippen LogP contribution in [-0.4, -0.2) is 182 Å². The Morgan fingerprint density at radius 1 is 0.648 bits per heavy atom. The van der Waals surface area contributed by atoms with Gasteiger partial charge in [-0.15, -0.1) is 0 Å². The van der Waals surface area contributed by atoms with Gasteiger partial charge in [-0.05, 0) is 104 Å². The lowest BCUT2D eigenvalue weighted by Crippen LogP contribution is -2.62. The largest absolute Gasteiger partial charge is 0.511 e. The topological polar surface area (TPSA) is 286 Å². The van der Waals surface area contributed by atoms with E-state index in [1.54, 1.807) is 27.7 Å². The van der Waals surface area contributed by atoms with Gasteiger partial charge in [-0.2, -0.15) is 0 Å². The van der Waals surface area contributed by atoms with Crippen LogP contribution >= 0.6 is 0 Å². The highest BCUT2D eigenvalue weighted by atomic mass is 16.8. The Hall–Kier alpha value is -3.49. The number of ether oxygens (including phenoxy) is 11. The lowest BCUT2D eigenvalue weighted by atomic mass is 9.49. The summed E-state index contributed by atoms with van der Waals surface area (Å²) in [7, 11) is 0. The van der Waals surface area contributed by atoms with Gasteiger partial charge in [-0.1, -0.05) is 76.6 Å². The van der Waals surface area contributed by atoms with Gasteiger partial charge < -0.3 is 88.1 Å². The highest BCUT2D eigenvalue weighted by Crippen LogP contribution is 2.61. The monoisotopic (exact) mass is 1240 g/mol. The molecule has 1 amide bonds. The van der Waals surface area contributed by atoms with E-state index in [1.165, 1.54) is 6.92 Å². The molecule has 0 aromatic heterocycles. The normalized spacial score (nSPS) is 52.0. The van der Waals surface area contributed by atoms with E-state index >= 15 is 4.79 Å². The molecule has 10 aliphatic rings. The van der Waals surface area contributed by atoms with Crippen LogP contribution in [0.2, 0.25) is 0 Å². The molecule has 21 heteroatoms. The Labute approximate surface area is 518 Å². The molecule has 7 fully saturated rings. The van der Waals surface area contributed by atoms with Crippen LogP contribution in [0, 0.1) is 52.8 Å². The molecule has 494 valence electrons. The van der Waals surface area contributed by atoms with Crippen LogP contribution in [0.25, 0.3) is 0 Å². The summed E-state index contributed by atoms with van der Waals surface area (Å²) in [6, 6.07) is -0.684. The van der Waals surface area contributed by atoms with Gasteiger partial charge in [0.05, 0.1) is 78.8 Å². The first-order valence-electron chi connectivity index (χ1n) is 32.7. The summed E-state index contributed by atoms with van der Waals surface area (Å²) in [5, 5.41) is 71.4.